The second kappa shape index (κ2) is 9.39. The number of anilines is 1. The number of aryl methyl sites for hydroxylation is 1. The first-order valence-corrected chi connectivity index (χ1v) is 13.1. The molecule has 192 valence electrons. The summed E-state index contributed by atoms with van der Waals surface area (Å²) >= 11 is 3.31. The van der Waals surface area contributed by atoms with Crippen LogP contribution in [0.4, 0.5) is 5.82 Å². The van der Waals surface area contributed by atoms with E-state index in [0.717, 1.165) is 17.5 Å². The van der Waals surface area contributed by atoms with Crippen LogP contribution in [0.5, 0.6) is 0 Å². The third kappa shape index (κ3) is 4.47. The van der Waals surface area contributed by atoms with E-state index < -0.39 is 6.04 Å². The second-order valence-corrected chi connectivity index (χ2v) is 10.6. The first-order chi connectivity index (χ1) is 18.3. The third-order valence-corrected chi connectivity index (χ3v) is 7.63. The minimum atomic E-state index is -0.560. The van der Waals surface area contributed by atoms with Gasteiger partial charge in [0, 0.05) is 36.8 Å². The van der Waals surface area contributed by atoms with Gasteiger partial charge in [0.1, 0.15) is 34.5 Å². The number of benzene rings is 1. The fourth-order valence-electron chi connectivity index (χ4n) is 5.24. The van der Waals surface area contributed by atoms with Crippen LogP contribution in [0.25, 0.3) is 22.0 Å². The summed E-state index contributed by atoms with van der Waals surface area (Å²) in [6, 6.07) is 10.3. The van der Waals surface area contributed by atoms with Gasteiger partial charge >= 0.3 is 0 Å². The maximum absolute atomic E-state index is 13.5. The molecule has 2 fully saturated rings. The van der Waals surface area contributed by atoms with Gasteiger partial charge in [-0.15, -0.1) is 0 Å². The fraction of sp³-hybridized carbons (Fsp3) is 0.296. The molecule has 1 unspecified atom stereocenters. The van der Waals surface area contributed by atoms with Gasteiger partial charge in [-0.25, -0.2) is 15.0 Å². The molecular formula is C27H24BrN7O3. The first-order valence-electron chi connectivity index (χ1n) is 12.3. The van der Waals surface area contributed by atoms with Gasteiger partial charge < -0.3 is 10.2 Å². The molecule has 3 atom stereocenters. The molecule has 2 amide bonds. The predicted octanol–water partition coefficient (Wildman–Crippen LogP) is 3.65. The molecule has 0 bridgehead atoms. The standard InChI is InChI=1S/C27H24BrN7O3/c1-14(36)25-20-8-16(18-10-29-15(2)30-11-18)6-7-21(20)35(33-25)13-24(37)34-12-17-9-19(17)26(34)27(38)32-23-5-3-4-22(28)31-23/h3-8,10-11,17,19,26H,9,12-13H2,1-2H3,(H,31,32,38)/t17-,19-,26?/m1/s1. The highest BCUT2D eigenvalue weighted by atomic mass is 79.9. The third-order valence-electron chi connectivity index (χ3n) is 7.19. The molecule has 11 heteroatoms. The summed E-state index contributed by atoms with van der Waals surface area (Å²) in [5, 5.41) is 8.01. The van der Waals surface area contributed by atoms with Crippen LogP contribution in [0.2, 0.25) is 0 Å². The normalized spacial score (nSPS) is 19.9. The molecule has 6 rings (SSSR count). The van der Waals surface area contributed by atoms with Crippen LogP contribution in [-0.4, -0.2) is 59.8 Å². The fourth-order valence-corrected chi connectivity index (χ4v) is 5.58. The molecule has 3 aromatic heterocycles. The summed E-state index contributed by atoms with van der Waals surface area (Å²) < 4.78 is 2.17. The molecule has 1 aromatic carbocycles. The van der Waals surface area contributed by atoms with Crippen molar-refractivity contribution < 1.29 is 14.4 Å². The number of rotatable bonds is 6. The smallest absolute Gasteiger partial charge is 0.248 e. The number of nitrogens with one attached hydrogen (secondary N) is 1. The number of hydrogen-bond acceptors (Lipinski definition) is 7. The van der Waals surface area contributed by atoms with Crippen LogP contribution in [-0.2, 0) is 16.1 Å². The van der Waals surface area contributed by atoms with Gasteiger partial charge in [-0.2, -0.15) is 5.10 Å². The number of hydrogen-bond donors (Lipinski definition) is 1. The Bertz CT molecular complexity index is 1600. The van der Waals surface area contributed by atoms with Crippen molar-refractivity contribution in [3.05, 3.63) is 64.9 Å². The summed E-state index contributed by atoms with van der Waals surface area (Å²) in [6.07, 6.45) is 4.40. The zero-order valence-electron chi connectivity index (χ0n) is 20.8. The number of likely N-dealkylation sites (tertiary alicyclic amines) is 1. The van der Waals surface area contributed by atoms with E-state index >= 15 is 0 Å². The molecule has 0 spiro atoms. The maximum atomic E-state index is 13.5. The van der Waals surface area contributed by atoms with Crippen molar-refractivity contribution in [2.75, 3.05) is 11.9 Å². The van der Waals surface area contributed by atoms with Gasteiger partial charge in [-0.1, -0.05) is 12.1 Å². The average Bonchev–Trinajstić information content (AvgIpc) is 3.39. The number of ketones is 1. The molecule has 38 heavy (non-hydrogen) atoms. The van der Waals surface area contributed by atoms with E-state index in [1.54, 1.807) is 40.2 Å². The Balaban J connectivity index is 1.26. The number of aromatic nitrogens is 5. The molecule has 1 saturated carbocycles. The minimum Gasteiger partial charge on any atom is -0.328 e. The Morgan fingerprint density at radius 1 is 1.11 bits per heavy atom. The van der Waals surface area contributed by atoms with Gasteiger partial charge in [0.25, 0.3) is 0 Å². The number of pyridine rings is 1. The summed E-state index contributed by atoms with van der Waals surface area (Å²) in [5.74, 6) is 0.924. The molecule has 1 aliphatic heterocycles. The van der Waals surface area contributed by atoms with Crippen molar-refractivity contribution in [3.63, 3.8) is 0 Å². The van der Waals surface area contributed by atoms with Crippen molar-refractivity contribution in [1.29, 1.82) is 0 Å². The lowest BCUT2D eigenvalue weighted by molar-refractivity contribution is -0.138. The number of carbonyl (C=O) groups excluding carboxylic acids is 3. The molecular weight excluding hydrogens is 550 g/mol. The topological polar surface area (TPSA) is 123 Å². The number of nitrogens with zero attached hydrogens (tertiary/aromatic N) is 6. The van der Waals surface area contributed by atoms with Crippen LogP contribution in [0.1, 0.15) is 29.7 Å². The van der Waals surface area contributed by atoms with Crippen LogP contribution >= 0.6 is 15.9 Å². The van der Waals surface area contributed by atoms with Crippen molar-refractivity contribution >= 4 is 50.2 Å². The highest BCUT2D eigenvalue weighted by Crippen LogP contribution is 2.50. The Kier molecular flexibility index (Phi) is 6.02. The van der Waals surface area contributed by atoms with Crippen LogP contribution in [0.3, 0.4) is 0 Å². The van der Waals surface area contributed by atoms with E-state index in [-0.39, 0.29) is 30.1 Å². The van der Waals surface area contributed by atoms with E-state index in [2.05, 4.69) is 41.3 Å². The molecule has 4 aromatic rings. The van der Waals surface area contributed by atoms with E-state index in [9.17, 15) is 14.4 Å². The van der Waals surface area contributed by atoms with Crippen molar-refractivity contribution in [2.45, 2.75) is 32.9 Å². The number of Topliss-reactive ketones (excluding diaryl/α,β-unsaturated/α-hetero) is 1. The number of fused-ring (bicyclic) bond motifs is 2. The van der Waals surface area contributed by atoms with E-state index in [4.69, 9.17) is 0 Å². The van der Waals surface area contributed by atoms with E-state index in [0.29, 0.717) is 45.3 Å². The lowest BCUT2D eigenvalue weighted by Gasteiger charge is -2.26. The Hall–Kier alpha value is -3.99. The molecule has 1 aliphatic carbocycles. The van der Waals surface area contributed by atoms with Crippen molar-refractivity contribution in [1.82, 2.24) is 29.6 Å². The van der Waals surface area contributed by atoms with Gasteiger partial charge in [-0.3, -0.25) is 19.1 Å². The van der Waals surface area contributed by atoms with E-state index in [1.807, 2.05) is 25.1 Å². The number of carbonyl (C=O) groups is 3. The summed E-state index contributed by atoms with van der Waals surface area (Å²) in [6.45, 7) is 3.73. The monoisotopic (exact) mass is 573 g/mol. The largest absolute Gasteiger partial charge is 0.328 e. The quantitative estimate of drug-likeness (QED) is 0.276. The SMILES string of the molecule is CC(=O)c1nn(CC(=O)N2C[C@H]3C[C@H]3C2C(=O)Nc2cccc(Br)n2)c2ccc(-c3cnc(C)nc3)cc12. The van der Waals surface area contributed by atoms with Gasteiger partial charge in [0.05, 0.1) is 5.52 Å². The van der Waals surface area contributed by atoms with Crippen LogP contribution in [0.15, 0.2) is 53.4 Å². The Labute approximate surface area is 226 Å². The second-order valence-electron chi connectivity index (χ2n) is 9.80. The lowest BCUT2D eigenvalue weighted by atomic mass is 10.0. The number of piperidine rings is 1. The van der Waals surface area contributed by atoms with Crippen molar-refractivity contribution in [2.24, 2.45) is 11.8 Å². The number of amides is 2. The minimum absolute atomic E-state index is 0.0743. The maximum Gasteiger partial charge on any atom is 0.248 e. The Morgan fingerprint density at radius 3 is 2.63 bits per heavy atom. The highest BCUT2D eigenvalue weighted by Gasteiger charge is 2.56. The van der Waals surface area contributed by atoms with Gasteiger partial charge in [0.15, 0.2) is 5.78 Å². The van der Waals surface area contributed by atoms with E-state index in [1.165, 1.54) is 6.92 Å². The predicted molar refractivity (Wildman–Crippen MR) is 143 cm³/mol. The molecule has 1 N–H and O–H groups in total. The zero-order chi connectivity index (χ0) is 26.6. The average molecular weight is 574 g/mol. The molecule has 4 heterocycles. The lowest BCUT2D eigenvalue weighted by Crippen LogP contribution is -2.47. The summed E-state index contributed by atoms with van der Waals surface area (Å²) in [4.78, 5) is 53.6. The highest BCUT2D eigenvalue weighted by molar-refractivity contribution is 9.10. The van der Waals surface area contributed by atoms with Crippen molar-refractivity contribution in [3.8, 4) is 11.1 Å². The summed E-state index contributed by atoms with van der Waals surface area (Å²) in [5.41, 5.74) is 2.63. The summed E-state index contributed by atoms with van der Waals surface area (Å²) in [7, 11) is 0. The van der Waals surface area contributed by atoms with Crippen LogP contribution < -0.4 is 5.32 Å². The number of halogens is 1. The van der Waals surface area contributed by atoms with Gasteiger partial charge in [0.2, 0.25) is 11.8 Å². The Morgan fingerprint density at radius 2 is 1.89 bits per heavy atom. The first kappa shape index (κ1) is 24.4. The molecule has 10 nitrogen and oxygen atoms in total. The molecule has 1 saturated heterocycles. The van der Waals surface area contributed by atoms with Crippen LogP contribution in [0, 0.1) is 18.8 Å². The zero-order valence-corrected chi connectivity index (χ0v) is 22.3. The molecule has 2 aliphatic rings. The van der Waals surface area contributed by atoms with Gasteiger partial charge in [-0.05, 0) is 70.9 Å². The molecule has 0 radical (unpaired) electrons.